The van der Waals surface area contributed by atoms with E-state index in [0.717, 1.165) is 10.4 Å². The van der Waals surface area contributed by atoms with E-state index < -0.39 is 4.92 Å². The molecule has 0 bridgehead atoms. The van der Waals surface area contributed by atoms with Crippen molar-refractivity contribution in [2.75, 3.05) is 5.43 Å². The molecule has 0 saturated carbocycles. The van der Waals surface area contributed by atoms with Gasteiger partial charge in [-0.2, -0.15) is 5.10 Å². The number of benzene rings is 1. The van der Waals surface area contributed by atoms with Crippen molar-refractivity contribution in [1.29, 1.82) is 0 Å². The van der Waals surface area contributed by atoms with Gasteiger partial charge < -0.3 is 5.84 Å². The molecule has 4 N–H and O–H groups in total. The number of nitrogens with two attached hydrogens (primary N) is 1. The first-order chi connectivity index (χ1) is 11.9. The number of nitro benzene ring substituents is 1. The average Bonchev–Trinajstić information content (AvgIpc) is 2.95. The first-order valence-electron chi connectivity index (χ1n) is 7.11. The van der Waals surface area contributed by atoms with Gasteiger partial charge in [0.05, 0.1) is 15.5 Å². The van der Waals surface area contributed by atoms with Gasteiger partial charge in [0.1, 0.15) is 5.71 Å². The fraction of sp³-hybridized carbons (Fsp3) is 0.133. The average molecular weight is 360 g/mol. The molecule has 25 heavy (non-hydrogen) atoms. The van der Waals surface area contributed by atoms with Crippen molar-refractivity contribution < 1.29 is 9.72 Å². The molecule has 1 heterocycles. The highest BCUT2D eigenvalue weighted by Gasteiger charge is 2.12. The van der Waals surface area contributed by atoms with Gasteiger partial charge in [-0.3, -0.25) is 25.8 Å². The van der Waals surface area contributed by atoms with Gasteiger partial charge in [-0.05, 0) is 30.7 Å². The molecule has 2 aromatic rings. The van der Waals surface area contributed by atoms with E-state index in [1.54, 1.807) is 31.2 Å². The number of hydrazone groups is 1. The predicted octanol–water partition coefficient (Wildman–Crippen LogP) is 2.20. The van der Waals surface area contributed by atoms with E-state index in [9.17, 15) is 14.9 Å². The van der Waals surface area contributed by atoms with Crippen molar-refractivity contribution in [3.05, 3.63) is 56.6 Å². The maximum Gasteiger partial charge on any atom is 0.269 e. The van der Waals surface area contributed by atoms with Gasteiger partial charge in [-0.25, -0.2) is 4.98 Å². The lowest BCUT2D eigenvalue weighted by Gasteiger charge is -2.00. The first-order valence-corrected chi connectivity index (χ1v) is 7.93. The Kier molecular flexibility index (Phi) is 5.79. The number of thiazole rings is 1. The van der Waals surface area contributed by atoms with Crippen LogP contribution >= 0.6 is 11.3 Å². The molecule has 2 rings (SSSR count). The Morgan fingerprint density at radius 3 is 2.64 bits per heavy atom. The van der Waals surface area contributed by atoms with Crippen LogP contribution in [0.3, 0.4) is 0 Å². The van der Waals surface area contributed by atoms with E-state index >= 15 is 0 Å². The lowest BCUT2D eigenvalue weighted by Crippen LogP contribution is -2.26. The molecule has 0 spiro atoms. The van der Waals surface area contributed by atoms with Crippen LogP contribution in [0.25, 0.3) is 6.08 Å². The van der Waals surface area contributed by atoms with Crippen molar-refractivity contribution in [2.24, 2.45) is 10.9 Å². The number of anilines is 1. The number of hydrogen-bond acceptors (Lipinski definition) is 8. The minimum Gasteiger partial charge on any atom is -0.323 e. The fourth-order valence-electron chi connectivity index (χ4n) is 1.89. The molecule has 1 aromatic heterocycles. The van der Waals surface area contributed by atoms with Gasteiger partial charge in [0, 0.05) is 19.1 Å². The normalized spacial score (nSPS) is 11.5. The third-order valence-corrected chi connectivity index (χ3v) is 4.15. The predicted molar refractivity (Wildman–Crippen MR) is 97.1 cm³/mol. The van der Waals surface area contributed by atoms with E-state index in [1.807, 2.05) is 0 Å². The summed E-state index contributed by atoms with van der Waals surface area (Å²) in [7, 11) is 0. The molecule has 0 saturated heterocycles. The largest absolute Gasteiger partial charge is 0.323 e. The molecule has 10 heteroatoms. The van der Waals surface area contributed by atoms with Gasteiger partial charge in [-0.1, -0.05) is 17.4 Å². The molecule has 9 nitrogen and oxygen atoms in total. The van der Waals surface area contributed by atoms with Gasteiger partial charge in [0.2, 0.25) is 11.0 Å². The van der Waals surface area contributed by atoms with E-state index in [0.29, 0.717) is 16.5 Å². The number of hydrogen-bond donors (Lipinski definition) is 3. The van der Waals surface area contributed by atoms with Crippen molar-refractivity contribution >= 4 is 39.9 Å². The molecule has 130 valence electrons. The number of amides is 1. The molecule has 0 fully saturated rings. The smallest absolute Gasteiger partial charge is 0.269 e. The summed E-state index contributed by atoms with van der Waals surface area (Å²) in [6.45, 7) is 3.18. The van der Waals surface area contributed by atoms with Crippen molar-refractivity contribution in [2.45, 2.75) is 13.8 Å². The van der Waals surface area contributed by atoms with Gasteiger partial charge in [0.15, 0.2) is 0 Å². The molecule has 1 amide bonds. The molecular formula is C15H16N6O3S. The Hall–Kier alpha value is -3.27. The Morgan fingerprint density at radius 1 is 1.40 bits per heavy atom. The molecule has 1 aromatic carbocycles. The zero-order valence-electron chi connectivity index (χ0n) is 13.5. The zero-order chi connectivity index (χ0) is 18.4. The standard InChI is InChI=1S/C15H16N6O3S/c1-9-14(25-15(17-9)20-19-10(2)22)13(18-16)8-5-11-3-6-12(7-4-11)21(23)24/h3-8H,16H2,1-2H3,(H,17,20)(H,19,22)/b8-5+,18-13+. The maximum atomic E-state index is 10.9. The van der Waals surface area contributed by atoms with Crippen LogP contribution in [0.5, 0.6) is 0 Å². The van der Waals surface area contributed by atoms with Crippen LogP contribution in [0.4, 0.5) is 10.8 Å². The maximum absolute atomic E-state index is 10.9. The summed E-state index contributed by atoms with van der Waals surface area (Å²) in [4.78, 5) is 26.2. The lowest BCUT2D eigenvalue weighted by atomic mass is 10.1. The Labute approximate surface area is 147 Å². The van der Waals surface area contributed by atoms with Crippen LogP contribution < -0.4 is 16.7 Å². The van der Waals surface area contributed by atoms with E-state index in [-0.39, 0.29) is 11.6 Å². The van der Waals surface area contributed by atoms with E-state index in [2.05, 4.69) is 20.9 Å². The summed E-state index contributed by atoms with van der Waals surface area (Å²) in [6, 6.07) is 6.11. The monoisotopic (exact) mass is 360 g/mol. The molecule has 0 aliphatic heterocycles. The minimum atomic E-state index is -0.454. The summed E-state index contributed by atoms with van der Waals surface area (Å²) < 4.78 is 0. The molecule has 0 aliphatic carbocycles. The second-order valence-electron chi connectivity index (χ2n) is 4.94. The number of nitro groups is 1. The molecular weight excluding hydrogens is 344 g/mol. The summed E-state index contributed by atoms with van der Waals surface area (Å²) >= 11 is 1.29. The highest BCUT2D eigenvalue weighted by atomic mass is 32.1. The Bertz CT molecular complexity index is 841. The van der Waals surface area contributed by atoms with E-state index in [4.69, 9.17) is 5.84 Å². The highest BCUT2D eigenvalue weighted by molar-refractivity contribution is 7.17. The number of aryl methyl sites for hydroxylation is 1. The number of carbonyl (C=O) groups excluding carboxylic acids is 1. The Morgan fingerprint density at radius 2 is 2.08 bits per heavy atom. The van der Waals surface area contributed by atoms with Gasteiger partial charge in [-0.15, -0.1) is 0 Å². The van der Waals surface area contributed by atoms with Crippen molar-refractivity contribution in [3.63, 3.8) is 0 Å². The zero-order valence-corrected chi connectivity index (χ0v) is 14.3. The number of rotatable bonds is 6. The SMILES string of the molecule is CC(=O)NNc1nc(C)c(C(/C=C/c2ccc([N+](=O)[O-])cc2)=N/N)s1. The van der Waals surface area contributed by atoms with Crippen molar-refractivity contribution in [1.82, 2.24) is 10.4 Å². The number of non-ortho nitro benzene ring substituents is 1. The van der Waals surface area contributed by atoms with Crippen LogP contribution in [0, 0.1) is 17.0 Å². The summed E-state index contributed by atoms with van der Waals surface area (Å²) in [5.74, 6) is 5.23. The number of hydrazine groups is 1. The molecule has 0 aliphatic rings. The van der Waals surface area contributed by atoms with Crippen molar-refractivity contribution in [3.8, 4) is 0 Å². The fourth-order valence-corrected chi connectivity index (χ4v) is 2.79. The van der Waals surface area contributed by atoms with Crippen LogP contribution in [-0.4, -0.2) is 21.5 Å². The third-order valence-electron chi connectivity index (χ3n) is 3.05. The minimum absolute atomic E-state index is 0.0249. The number of allylic oxidation sites excluding steroid dienone is 1. The number of carbonyl (C=O) groups is 1. The quantitative estimate of drug-likeness (QED) is 0.313. The van der Waals surface area contributed by atoms with E-state index in [1.165, 1.54) is 30.4 Å². The van der Waals surface area contributed by atoms with Crippen LogP contribution in [0.2, 0.25) is 0 Å². The third kappa shape index (κ3) is 4.85. The van der Waals surface area contributed by atoms with Crippen LogP contribution in [0.15, 0.2) is 35.4 Å². The topological polar surface area (TPSA) is 136 Å². The van der Waals surface area contributed by atoms with Gasteiger partial charge >= 0.3 is 0 Å². The summed E-state index contributed by atoms with van der Waals surface area (Å²) in [5.41, 5.74) is 7.15. The molecule has 0 radical (unpaired) electrons. The summed E-state index contributed by atoms with van der Waals surface area (Å²) in [6.07, 6.45) is 3.44. The Balaban J connectivity index is 2.17. The molecule has 0 atom stereocenters. The lowest BCUT2D eigenvalue weighted by molar-refractivity contribution is -0.384. The van der Waals surface area contributed by atoms with Crippen LogP contribution in [-0.2, 0) is 4.79 Å². The van der Waals surface area contributed by atoms with Gasteiger partial charge in [0.25, 0.3) is 5.69 Å². The second kappa shape index (κ2) is 8.02. The second-order valence-corrected chi connectivity index (χ2v) is 5.94. The first kappa shape index (κ1) is 18.1. The highest BCUT2D eigenvalue weighted by Crippen LogP contribution is 2.23. The summed E-state index contributed by atoms with van der Waals surface area (Å²) in [5, 5.41) is 14.9. The number of aromatic nitrogens is 1. The number of nitrogens with one attached hydrogen (secondary N) is 2. The number of nitrogens with zero attached hydrogens (tertiary/aromatic N) is 3. The molecule has 0 unspecified atom stereocenters. The van der Waals surface area contributed by atoms with Crippen LogP contribution in [0.1, 0.15) is 23.1 Å².